The molecule has 0 rings (SSSR count). The number of hydrogen-bond donors (Lipinski definition) is 0. The third-order valence-corrected chi connectivity index (χ3v) is 2.50. The first kappa shape index (κ1) is 10.7. The normalized spacial score (nSPS) is 17.6. The van der Waals surface area contributed by atoms with Crippen molar-refractivity contribution in [1.82, 2.24) is 0 Å². The summed E-state index contributed by atoms with van der Waals surface area (Å²) in [6.07, 6.45) is 5.77. The van der Waals surface area contributed by atoms with Gasteiger partial charge in [0, 0.05) is 0 Å². The average Bonchev–Trinajstić information content (AvgIpc) is 1.88. The molecule has 11 heavy (non-hydrogen) atoms. The molecule has 0 fully saturated rings. The molecule has 2 unspecified atom stereocenters. The largest absolute Gasteiger partial charge is 0.0914 e. The number of allylic oxidation sites excluding steroid dienone is 2. The summed E-state index contributed by atoms with van der Waals surface area (Å²) in [6, 6.07) is 0. The Morgan fingerprint density at radius 2 is 1.73 bits per heavy atom. The second-order valence-corrected chi connectivity index (χ2v) is 3.70. The molecule has 0 bridgehead atoms. The third-order valence-electron chi connectivity index (χ3n) is 2.50. The van der Waals surface area contributed by atoms with Gasteiger partial charge in [0.15, 0.2) is 0 Å². The maximum absolute atomic E-state index is 2.31. The van der Waals surface area contributed by atoms with E-state index in [0.29, 0.717) is 0 Å². The highest BCUT2D eigenvalue weighted by Crippen LogP contribution is 2.24. The average molecular weight is 154 g/mol. The summed E-state index contributed by atoms with van der Waals surface area (Å²) in [6.45, 7) is 11.3. The number of rotatable bonds is 4. The van der Waals surface area contributed by atoms with E-state index in [2.05, 4.69) is 46.8 Å². The lowest BCUT2D eigenvalue weighted by Crippen LogP contribution is -2.14. The van der Waals surface area contributed by atoms with Crippen molar-refractivity contribution in [3.05, 3.63) is 12.2 Å². The van der Waals surface area contributed by atoms with Crippen LogP contribution in [0.3, 0.4) is 0 Å². The topological polar surface area (TPSA) is 0 Å². The molecular weight excluding hydrogens is 132 g/mol. The van der Waals surface area contributed by atoms with Crippen LogP contribution in [0.15, 0.2) is 12.2 Å². The molecule has 0 aliphatic heterocycles. The highest BCUT2D eigenvalue weighted by atomic mass is 14.2. The Bertz CT molecular complexity index is 111. The zero-order valence-electron chi connectivity index (χ0n) is 8.59. The fraction of sp³-hybridized carbons (Fsp3) is 0.818. The van der Waals surface area contributed by atoms with E-state index in [1.54, 1.807) is 0 Å². The Morgan fingerprint density at radius 3 is 2.00 bits per heavy atom. The quantitative estimate of drug-likeness (QED) is 0.539. The molecule has 0 amide bonds. The minimum atomic E-state index is 0.741. The molecule has 0 aliphatic rings. The van der Waals surface area contributed by atoms with Crippen molar-refractivity contribution >= 4 is 0 Å². The summed E-state index contributed by atoms with van der Waals surface area (Å²) in [5, 5.41) is 0. The van der Waals surface area contributed by atoms with Crippen LogP contribution < -0.4 is 0 Å². The summed E-state index contributed by atoms with van der Waals surface area (Å²) in [7, 11) is 0. The van der Waals surface area contributed by atoms with Crippen molar-refractivity contribution in [1.29, 1.82) is 0 Å². The van der Waals surface area contributed by atoms with E-state index in [9.17, 15) is 0 Å². The van der Waals surface area contributed by atoms with Crippen LogP contribution in [0.1, 0.15) is 41.0 Å². The molecule has 0 spiro atoms. The van der Waals surface area contributed by atoms with Crippen molar-refractivity contribution in [2.45, 2.75) is 41.0 Å². The van der Waals surface area contributed by atoms with Crippen LogP contribution in [0, 0.1) is 17.8 Å². The van der Waals surface area contributed by atoms with Gasteiger partial charge in [-0.25, -0.2) is 0 Å². The van der Waals surface area contributed by atoms with Gasteiger partial charge in [0.25, 0.3) is 0 Å². The zero-order valence-corrected chi connectivity index (χ0v) is 8.59. The Kier molecular flexibility index (Phi) is 5.27. The smallest absolute Gasteiger partial charge is 0.0231 e. The van der Waals surface area contributed by atoms with E-state index in [4.69, 9.17) is 0 Å². The van der Waals surface area contributed by atoms with E-state index < -0.39 is 0 Å². The molecule has 0 heterocycles. The van der Waals surface area contributed by atoms with Gasteiger partial charge in [-0.2, -0.15) is 0 Å². The molecule has 0 radical (unpaired) electrons. The lowest BCUT2D eigenvalue weighted by molar-refractivity contribution is 0.302. The van der Waals surface area contributed by atoms with Crippen molar-refractivity contribution in [2.24, 2.45) is 17.8 Å². The fourth-order valence-corrected chi connectivity index (χ4v) is 1.90. The molecule has 0 saturated heterocycles. The van der Waals surface area contributed by atoms with Crippen LogP contribution >= 0.6 is 0 Å². The summed E-state index contributed by atoms with van der Waals surface area (Å²) < 4.78 is 0. The van der Waals surface area contributed by atoms with Gasteiger partial charge in [0.1, 0.15) is 0 Å². The van der Waals surface area contributed by atoms with Gasteiger partial charge in [-0.1, -0.05) is 46.3 Å². The highest BCUT2D eigenvalue weighted by Gasteiger charge is 2.15. The third kappa shape index (κ3) is 3.60. The Morgan fingerprint density at radius 1 is 1.18 bits per heavy atom. The first-order chi connectivity index (χ1) is 5.13. The van der Waals surface area contributed by atoms with E-state index >= 15 is 0 Å². The van der Waals surface area contributed by atoms with Crippen LogP contribution in [-0.4, -0.2) is 0 Å². The first-order valence-corrected chi connectivity index (χ1v) is 4.76. The fourth-order valence-electron chi connectivity index (χ4n) is 1.90. The van der Waals surface area contributed by atoms with Crippen molar-refractivity contribution < 1.29 is 0 Å². The SMILES string of the molecule is CC=CC(C)C(CC)C(C)C. The molecular formula is C11H22. The summed E-state index contributed by atoms with van der Waals surface area (Å²) in [4.78, 5) is 0. The van der Waals surface area contributed by atoms with E-state index in [1.807, 2.05) is 0 Å². The lowest BCUT2D eigenvalue weighted by Gasteiger charge is -2.23. The molecule has 2 atom stereocenters. The van der Waals surface area contributed by atoms with Crippen molar-refractivity contribution in [3.63, 3.8) is 0 Å². The Hall–Kier alpha value is -0.260. The predicted octanol–water partition coefficient (Wildman–Crippen LogP) is 3.88. The predicted molar refractivity (Wildman–Crippen MR) is 52.6 cm³/mol. The molecule has 0 aliphatic carbocycles. The molecule has 0 aromatic carbocycles. The standard InChI is InChI=1S/C11H22/c1-6-8-10(5)11(7-2)9(3)4/h6,8-11H,7H2,1-5H3. The second-order valence-electron chi connectivity index (χ2n) is 3.70. The monoisotopic (exact) mass is 154 g/mol. The van der Waals surface area contributed by atoms with Crippen LogP contribution in [0.5, 0.6) is 0 Å². The molecule has 0 aromatic rings. The van der Waals surface area contributed by atoms with Gasteiger partial charge in [0.05, 0.1) is 0 Å². The lowest BCUT2D eigenvalue weighted by atomic mass is 9.82. The van der Waals surface area contributed by atoms with E-state index in [1.165, 1.54) is 6.42 Å². The molecule has 0 saturated carbocycles. The summed E-state index contributed by atoms with van der Waals surface area (Å²) in [5.41, 5.74) is 0. The second kappa shape index (κ2) is 5.40. The van der Waals surface area contributed by atoms with Gasteiger partial charge in [-0.15, -0.1) is 0 Å². The molecule has 0 aromatic heterocycles. The van der Waals surface area contributed by atoms with Crippen molar-refractivity contribution in [2.75, 3.05) is 0 Å². The van der Waals surface area contributed by atoms with E-state index in [0.717, 1.165) is 17.8 Å². The van der Waals surface area contributed by atoms with Crippen LogP contribution in [0.25, 0.3) is 0 Å². The van der Waals surface area contributed by atoms with Crippen LogP contribution in [0.4, 0.5) is 0 Å². The Balaban J connectivity index is 4.02. The minimum Gasteiger partial charge on any atom is -0.0914 e. The Labute approximate surface area is 71.7 Å². The van der Waals surface area contributed by atoms with Gasteiger partial charge >= 0.3 is 0 Å². The first-order valence-electron chi connectivity index (χ1n) is 4.76. The van der Waals surface area contributed by atoms with Crippen molar-refractivity contribution in [3.8, 4) is 0 Å². The highest BCUT2D eigenvalue weighted by molar-refractivity contribution is 4.87. The molecule has 0 nitrogen and oxygen atoms in total. The van der Waals surface area contributed by atoms with Crippen LogP contribution in [-0.2, 0) is 0 Å². The molecule has 66 valence electrons. The summed E-state index contributed by atoms with van der Waals surface area (Å²) >= 11 is 0. The molecule has 0 N–H and O–H groups in total. The zero-order chi connectivity index (χ0) is 8.85. The maximum atomic E-state index is 2.31. The minimum absolute atomic E-state index is 0.741. The van der Waals surface area contributed by atoms with Gasteiger partial charge in [-0.3, -0.25) is 0 Å². The maximum Gasteiger partial charge on any atom is -0.0231 e. The number of hydrogen-bond acceptors (Lipinski definition) is 0. The summed E-state index contributed by atoms with van der Waals surface area (Å²) in [5.74, 6) is 2.40. The van der Waals surface area contributed by atoms with E-state index in [-0.39, 0.29) is 0 Å². The molecule has 0 heteroatoms. The van der Waals surface area contributed by atoms with Crippen LogP contribution in [0.2, 0.25) is 0 Å². The van der Waals surface area contributed by atoms with Gasteiger partial charge in [0.2, 0.25) is 0 Å². The van der Waals surface area contributed by atoms with Gasteiger partial charge < -0.3 is 0 Å². The van der Waals surface area contributed by atoms with Gasteiger partial charge in [-0.05, 0) is 24.7 Å².